The van der Waals surface area contributed by atoms with E-state index in [0.29, 0.717) is 41.3 Å². The van der Waals surface area contributed by atoms with E-state index in [1.807, 2.05) is 18.7 Å². The number of nitrogens with two attached hydrogens (primary N) is 1. The van der Waals surface area contributed by atoms with Crippen molar-refractivity contribution in [1.82, 2.24) is 20.3 Å². The largest absolute Gasteiger partial charge is 0.383 e. The first-order valence-corrected chi connectivity index (χ1v) is 10.1. The van der Waals surface area contributed by atoms with Gasteiger partial charge in [0.25, 0.3) is 0 Å². The molecule has 168 valence electrons. The van der Waals surface area contributed by atoms with Gasteiger partial charge in [-0.05, 0) is 24.6 Å². The lowest BCUT2D eigenvalue weighted by Gasteiger charge is -2.44. The van der Waals surface area contributed by atoms with Crippen LogP contribution >= 0.6 is 0 Å². The summed E-state index contributed by atoms with van der Waals surface area (Å²) in [4.78, 5) is 10.1. The van der Waals surface area contributed by atoms with Gasteiger partial charge in [0.15, 0.2) is 6.29 Å². The normalized spacial score (nSPS) is 22.5. The van der Waals surface area contributed by atoms with Gasteiger partial charge in [-0.3, -0.25) is 5.43 Å². The molecule has 8 nitrogen and oxygen atoms in total. The third-order valence-electron chi connectivity index (χ3n) is 4.76. The number of aromatic nitrogens is 2. The smallest absolute Gasteiger partial charge is 0.162 e. The van der Waals surface area contributed by atoms with E-state index < -0.39 is 5.83 Å². The lowest BCUT2D eigenvalue weighted by molar-refractivity contribution is -0.164. The fourth-order valence-corrected chi connectivity index (χ4v) is 3.31. The lowest BCUT2D eigenvalue weighted by Crippen LogP contribution is -2.52. The van der Waals surface area contributed by atoms with Crippen LogP contribution in [0.1, 0.15) is 32.0 Å². The van der Waals surface area contributed by atoms with Crippen LogP contribution in [0.25, 0.3) is 6.08 Å². The zero-order valence-corrected chi connectivity index (χ0v) is 18.7. The van der Waals surface area contributed by atoms with Crippen molar-refractivity contribution in [2.24, 2.45) is 11.0 Å². The Labute approximate surface area is 183 Å². The van der Waals surface area contributed by atoms with Gasteiger partial charge in [-0.25, -0.2) is 14.4 Å². The number of methoxy groups -OCH3 is 2. The fraction of sp³-hybridized carbons (Fsp3) is 0.409. The first-order valence-electron chi connectivity index (χ1n) is 10.1. The number of rotatable bonds is 5. The summed E-state index contributed by atoms with van der Waals surface area (Å²) in [5.74, 6) is -0.0900. The molecule has 0 spiro atoms. The molecule has 1 saturated heterocycles. The van der Waals surface area contributed by atoms with Gasteiger partial charge in [0, 0.05) is 45.5 Å². The number of hydrogen-bond acceptors (Lipinski definition) is 8. The molecule has 0 radical (unpaired) electrons. The van der Waals surface area contributed by atoms with E-state index in [4.69, 9.17) is 15.2 Å². The SMILES string of the molecule is C=C(C)/C1=N/N/C=C/C=C(N2CC(C(OC)OC)C2)\C(F)=C/c2ncnc(N)c21.CC. The Morgan fingerprint density at radius 3 is 2.58 bits per heavy atom. The molecule has 0 bridgehead atoms. The maximum Gasteiger partial charge on any atom is 0.162 e. The van der Waals surface area contributed by atoms with E-state index in [0.717, 1.165) is 0 Å². The number of allylic oxidation sites excluding steroid dienone is 4. The van der Waals surface area contributed by atoms with Crippen LogP contribution in [-0.4, -0.2) is 54.2 Å². The maximum absolute atomic E-state index is 15.3. The number of anilines is 1. The molecule has 0 unspecified atom stereocenters. The molecule has 1 fully saturated rings. The van der Waals surface area contributed by atoms with E-state index >= 15 is 4.39 Å². The van der Waals surface area contributed by atoms with E-state index in [1.165, 1.54) is 12.4 Å². The molecule has 3 rings (SSSR count). The van der Waals surface area contributed by atoms with Gasteiger partial charge < -0.3 is 20.1 Å². The Kier molecular flexibility index (Phi) is 8.89. The highest BCUT2D eigenvalue weighted by molar-refractivity contribution is 6.16. The van der Waals surface area contributed by atoms with Crippen molar-refractivity contribution in [2.45, 2.75) is 27.1 Å². The maximum atomic E-state index is 15.3. The molecule has 3 N–H and O–H groups in total. The molecule has 0 aromatic carbocycles. The third kappa shape index (κ3) is 5.56. The van der Waals surface area contributed by atoms with E-state index in [1.54, 1.807) is 39.5 Å². The summed E-state index contributed by atoms with van der Waals surface area (Å²) in [6.45, 7) is 10.9. The monoisotopic (exact) mass is 430 g/mol. The Hall–Kier alpha value is -3.04. The highest BCUT2D eigenvalue weighted by Crippen LogP contribution is 2.31. The van der Waals surface area contributed by atoms with Crippen molar-refractivity contribution in [2.75, 3.05) is 33.0 Å². The molecule has 0 saturated carbocycles. The lowest BCUT2D eigenvalue weighted by atomic mass is 9.97. The molecule has 1 aromatic rings. The van der Waals surface area contributed by atoms with Gasteiger partial charge >= 0.3 is 0 Å². The highest BCUT2D eigenvalue weighted by Gasteiger charge is 2.36. The van der Waals surface area contributed by atoms with Crippen LogP contribution in [0, 0.1) is 5.92 Å². The first kappa shape index (κ1) is 24.2. The Morgan fingerprint density at radius 2 is 1.97 bits per heavy atom. The van der Waals surface area contributed by atoms with E-state index in [2.05, 4.69) is 27.1 Å². The Morgan fingerprint density at radius 1 is 1.29 bits per heavy atom. The number of fused-ring (bicyclic) bond motifs is 1. The molecule has 2 aliphatic heterocycles. The van der Waals surface area contributed by atoms with Gasteiger partial charge in [-0.2, -0.15) is 5.10 Å². The van der Waals surface area contributed by atoms with Crippen LogP contribution < -0.4 is 11.2 Å². The third-order valence-corrected chi connectivity index (χ3v) is 4.76. The van der Waals surface area contributed by atoms with Crippen LogP contribution in [0.5, 0.6) is 0 Å². The van der Waals surface area contributed by atoms with Crippen molar-refractivity contribution in [1.29, 1.82) is 0 Å². The quantitative estimate of drug-likeness (QED) is 0.692. The molecule has 0 atom stereocenters. The van der Waals surface area contributed by atoms with Crippen LogP contribution in [-0.2, 0) is 9.47 Å². The number of hydrogen-bond donors (Lipinski definition) is 2. The first-order chi connectivity index (χ1) is 15.0. The van der Waals surface area contributed by atoms with Gasteiger partial charge in [-0.1, -0.05) is 20.4 Å². The minimum Gasteiger partial charge on any atom is -0.383 e. The van der Waals surface area contributed by atoms with E-state index in [-0.39, 0.29) is 18.0 Å². The minimum absolute atomic E-state index is 0.155. The second-order valence-corrected chi connectivity index (χ2v) is 6.80. The minimum atomic E-state index is -0.443. The summed E-state index contributed by atoms with van der Waals surface area (Å²) in [6, 6.07) is 0. The predicted octanol–water partition coefficient (Wildman–Crippen LogP) is 3.23. The van der Waals surface area contributed by atoms with Crippen LogP contribution in [0.15, 0.2) is 53.5 Å². The summed E-state index contributed by atoms with van der Waals surface area (Å²) in [6.07, 6.45) is 7.28. The molecule has 3 heterocycles. The summed E-state index contributed by atoms with van der Waals surface area (Å²) >= 11 is 0. The highest BCUT2D eigenvalue weighted by atomic mass is 19.1. The van der Waals surface area contributed by atoms with Crippen LogP contribution in [0.3, 0.4) is 0 Å². The van der Waals surface area contributed by atoms with Crippen LogP contribution in [0.4, 0.5) is 10.2 Å². The van der Waals surface area contributed by atoms with Crippen LogP contribution in [0.2, 0.25) is 0 Å². The van der Waals surface area contributed by atoms with Crippen molar-refractivity contribution in [3.8, 4) is 0 Å². The molecule has 0 aliphatic carbocycles. The van der Waals surface area contributed by atoms with Gasteiger partial charge in [-0.15, -0.1) is 0 Å². The Bertz CT molecular complexity index is 899. The molecule has 1 aromatic heterocycles. The summed E-state index contributed by atoms with van der Waals surface area (Å²) in [5, 5.41) is 4.31. The number of likely N-dealkylation sites (tertiary alicyclic amines) is 1. The zero-order valence-electron chi connectivity index (χ0n) is 18.7. The molecule has 0 amide bonds. The van der Waals surface area contributed by atoms with Gasteiger partial charge in [0.2, 0.25) is 0 Å². The topological polar surface area (TPSA) is 97.9 Å². The number of nitrogen functional groups attached to an aromatic ring is 1. The van der Waals surface area contributed by atoms with Gasteiger partial charge in [0.05, 0.1) is 22.7 Å². The molecule has 9 heteroatoms. The summed E-state index contributed by atoms with van der Waals surface area (Å²) in [5.41, 5.74) is 11.2. The Balaban J connectivity index is 0.00000166. The van der Waals surface area contributed by atoms with Crippen molar-refractivity contribution < 1.29 is 13.9 Å². The second-order valence-electron chi connectivity index (χ2n) is 6.80. The van der Waals surface area contributed by atoms with Crippen molar-refractivity contribution in [3.05, 3.63) is 59.6 Å². The molecule has 31 heavy (non-hydrogen) atoms. The fourth-order valence-electron chi connectivity index (χ4n) is 3.31. The molecular formula is C22H31FN6O2. The zero-order chi connectivity index (χ0) is 23.0. The average molecular weight is 431 g/mol. The number of nitrogens with one attached hydrogen (secondary N) is 1. The van der Waals surface area contributed by atoms with Gasteiger partial charge in [0.1, 0.15) is 18.0 Å². The molecule has 2 aliphatic rings. The predicted molar refractivity (Wildman–Crippen MR) is 121 cm³/mol. The summed E-state index contributed by atoms with van der Waals surface area (Å²) < 4.78 is 25.9. The van der Waals surface area contributed by atoms with E-state index in [9.17, 15) is 0 Å². The standard InChI is InChI=1S/C20H25FN6O2.C2H6/c1-12(2)18-17-15(23-11-24-19(17)22)8-14(21)16(6-5-7-25-26-18)27-9-13(10-27)20(28-3)29-4;1-2/h5-8,11,13,20,25H,1,9-10H2,2-4H3,(H2,22,23,24);1-2H3/b7-5+,14-8+,16-6+,26-18-;. The van der Waals surface area contributed by atoms with Crippen molar-refractivity contribution in [3.63, 3.8) is 0 Å². The second kappa shape index (κ2) is 11.4. The number of ether oxygens (including phenoxy) is 2. The number of halogens is 1. The number of hydrazone groups is 1. The van der Waals surface area contributed by atoms with Crippen molar-refractivity contribution >= 4 is 17.6 Å². The average Bonchev–Trinajstić information content (AvgIpc) is 2.75. The molecular weight excluding hydrogens is 399 g/mol. The summed E-state index contributed by atoms with van der Waals surface area (Å²) in [7, 11) is 3.19. The number of nitrogens with zero attached hydrogens (tertiary/aromatic N) is 4.